The van der Waals surface area contributed by atoms with Gasteiger partial charge in [-0.2, -0.15) is 0 Å². The van der Waals surface area contributed by atoms with Gasteiger partial charge in [0.2, 0.25) is 10.0 Å². The largest absolute Gasteiger partial charge is 0.384 e. The summed E-state index contributed by atoms with van der Waals surface area (Å²) in [5, 5.41) is 8.58. The molecule has 21 heavy (non-hydrogen) atoms. The molecule has 2 N–H and O–H groups in total. The highest BCUT2D eigenvalue weighted by Crippen LogP contribution is 2.11. The minimum atomic E-state index is -3.61. The first kappa shape index (κ1) is 17.9. The highest BCUT2D eigenvalue weighted by Gasteiger charge is 2.15. The van der Waals surface area contributed by atoms with Gasteiger partial charge in [0.25, 0.3) is 0 Å². The van der Waals surface area contributed by atoms with Crippen LogP contribution in [0.3, 0.4) is 0 Å². The molecule has 5 nitrogen and oxygen atoms in total. The van der Waals surface area contributed by atoms with E-state index in [1.807, 2.05) is 6.92 Å². The Morgan fingerprint density at radius 2 is 2.14 bits per heavy atom. The lowest BCUT2D eigenvalue weighted by atomic mass is 10.2. The minimum absolute atomic E-state index is 0.0607. The summed E-state index contributed by atoms with van der Waals surface area (Å²) in [6.07, 6.45) is 2.11. The smallest absolute Gasteiger partial charge is 0.240 e. The monoisotopic (exact) mass is 329 g/mol. The van der Waals surface area contributed by atoms with Crippen molar-refractivity contribution in [3.63, 3.8) is 0 Å². The SMILES string of the molecule is CC(CCNS(=O)(=O)c1cccc(C#CCO)c1)S(C)=O. The zero-order chi connectivity index (χ0) is 15.9. The Labute approximate surface area is 128 Å². The van der Waals surface area contributed by atoms with Crippen LogP contribution in [0.4, 0.5) is 0 Å². The first-order valence-electron chi connectivity index (χ1n) is 6.38. The van der Waals surface area contributed by atoms with E-state index in [0.29, 0.717) is 12.0 Å². The summed E-state index contributed by atoms with van der Waals surface area (Å²) in [6.45, 7) is 1.77. The standard InChI is InChI=1S/C14H19NO4S2/c1-12(20(2)17)8-9-15-21(18,19)14-7-3-5-13(11-14)6-4-10-16/h3,5,7,11-12,15-16H,8-10H2,1-2H3. The number of rotatable bonds is 6. The molecule has 0 fully saturated rings. The summed E-state index contributed by atoms with van der Waals surface area (Å²) in [5.74, 6) is 5.13. The van der Waals surface area contributed by atoms with Crippen molar-refractivity contribution < 1.29 is 17.7 Å². The maximum atomic E-state index is 12.1. The molecule has 0 radical (unpaired) electrons. The van der Waals surface area contributed by atoms with Crippen LogP contribution in [0.25, 0.3) is 0 Å². The maximum Gasteiger partial charge on any atom is 0.240 e. The highest BCUT2D eigenvalue weighted by molar-refractivity contribution is 7.89. The van der Waals surface area contributed by atoms with Gasteiger partial charge < -0.3 is 5.11 Å². The Morgan fingerprint density at radius 3 is 2.76 bits per heavy atom. The lowest BCUT2D eigenvalue weighted by molar-refractivity contribution is 0.350. The number of aliphatic hydroxyl groups excluding tert-OH is 1. The van der Waals surface area contributed by atoms with E-state index in [1.165, 1.54) is 12.1 Å². The van der Waals surface area contributed by atoms with Crippen molar-refractivity contribution in [2.45, 2.75) is 23.5 Å². The predicted molar refractivity (Wildman–Crippen MR) is 83.7 cm³/mol. The number of benzene rings is 1. The van der Waals surface area contributed by atoms with Gasteiger partial charge in [-0.15, -0.1) is 0 Å². The lowest BCUT2D eigenvalue weighted by Crippen LogP contribution is -2.27. The molecule has 2 atom stereocenters. The van der Waals surface area contributed by atoms with E-state index >= 15 is 0 Å². The molecule has 1 aromatic rings. The lowest BCUT2D eigenvalue weighted by Gasteiger charge is -2.10. The average Bonchev–Trinajstić information content (AvgIpc) is 2.45. The van der Waals surface area contributed by atoms with Gasteiger partial charge in [-0.25, -0.2) is 13.1 Å². The van der Waals surface area contributed by atoms with Crippen LogP contribution in [-0.2, 0) is 20.8 Å². The van der Waals surface area contributed by atoms with Gasteiger partial charge in [-0.05, 0) is 24.6 Å². The number of aliphatic hydroxyl groups is 1. The van der Waals surface area contributed by atoms with Gasteiger partial charge >= 0.3 is 0 Å². The molecular weight excluding hydrogens is 310 g/mol. The summed E-state index contributed by atoms with van der Waals surface area (Å²) < 4.78 is 37.9. The normalized spacial score (nSPS) is 14.0. The molecule has 1 aromatic carbocycles. The fourth-order valence-corrected chi connectivity index (χ4v) is 3.07. The van der Waals surface area contributed by atoms with Crippen molar-refractivity contribution in [2.75, 3.05) is 19.4 Å². The van der Waals surface area contributed by atoms with Crippen molar-refractivity contribution in [1.82, 2.24) is 4.72 Å². The molecule has 2 unspecified atom stereocenters. The zero-order valence-corrected chi connectivity index (χ0v) is 13.6. The molecule has 0 amide bonds. The highest BCUT2D eigenvalue weighted by atomic mass is 32.2. The van der Waals surface area contributed by atoms with E-state index in [1.54, 1.807) is 18.4 Å². The van der Waals surface area contributed by atoms with E-state index in [2.05, 4.69) is 16.6 Å². The van der Waals surface area contributed by atoms with Crippen molar-refractivity contribution in [3.8, 4) is 11.8 Å². The molecule has 0 bridgehead atoms. The molecule has 0 aliphatic heterocycles. The first-order valence-corrected chi connectivity index (χ1v) is 9.49. The Morgan fingerprint density at radius 1 is 1.43 bits per heavy atom. The first-order chi connectivity index (χ1) is 9.86. The van der Waals surface area contributed by atoms with Crippen molar-refractivity contribution in [3.05, 3.63) is 29.8 Å². The third-order valence-corrected chi connectivity index (χ3v) is 5.69. The molecule has 116 valence electrons. The molecule has 0 aliphatic carbocycles. The van der Waals surface area contributed by atoms with Crippen molar-refractivity contribution in [1.29, 1.82) is 0 Å². The molecule has 1 rings (SSSR count). The van der Waals surface area contributed by atoms with Gasteiger partial charge in [0.05, 0.1) is 4.90 Å². The number of sulfonamides is 1. The van der Waals surface area contributed by atoms with Crippen molar-refractivity contribution in [2.24, 2.45) is 0 Å². The number of hydrogen-bond acceptors (Lipinski definition) is 4. The van der Waals surface area contributed by atoms with Crippen LogP contribution in [0, 0.1) is 11.8 Å². The van der Waals surface area contributed by atoms with E-state index in [0.717, 1.165) is 0 Å². The van der Waals surface area contributed by atoms with Crippen LogP contribution >= 0.6 is 0 Å². The number of hydrogen-bond donors (Lipinski definition) is 2. The molecule has 0 saturated carbocycles. The van der Waals surface area contributed by atoms with E-state index in [9.17, 15) is 12.6 Å². The van der Waals surface area contributed by atoms with Gasteiger partial charge in [0.15, 0.2) is 0 Å². The molecule has 0 heterocycles. The van der Waals surface area contributed by atoms with Crippen LogP contribution in [0.15, 0.2) is 29.2 Å². The van der Waals surface area contributed by atoms with Gasteiger partial charge in [-0.1, -0.05) is 24.8 Å². The van der Waals surface area contributed by atoms with Crippen LogP contribution in [-0.4, -0.2) is 42.4 Å². The van der Waals surface area contributed by atoms with Crippen molar-refractivity contribution >= 4 is 20.8 Å². The molecule has 0 aliphatic rings. The summed E-state index contributed by atoms with van der Waals surface area (Å²) in [6, 6.07) is 6.20. The summed E-state index contributed by atoms with van der Waals surface area (Å²) in [7, 11) is -4.58. The summed E-state index contributed by atoms with van der Waals surface area (Å²) in [4.78, 5) is 0.123. The molecular formula is C14H19NO4S2. The Bertz CT molecular complexity index is 659. The molecule has 0 saturated heterocycles. The van der Waals surface area contributed by atoms with Crippen LogP contribution < -0.4 is 4.72 Å². The zero-order valence-electron chi connectivity index (χ0n) is 12.0. The van der Waals surface area contributed by atoms with E-state index < -0.39 is 20.8 Å². The molecule has 0 aromatic heterocycles. The predicted octanol–water partition coefficient (Wildman–Crippen LogP) is 0.466. The molecule has 7 heteroatoms. The third-order valence-electron chi connectivity index (χ3n) is 2.87. The Kier molecular flexibility index (Phi) is 7.05. The van der Waals surface area contributed by atoms with E-state index in [-0.39, 0.29) is 23.3 Å². The quantitative estimate of drug-likeness (QED) is 0.743. The van der Waals surface area contributed by atoms with Crippen LogP contribution in [0.2, 0.25) is 0 Å². The van der Waals surface area contributed by atoms with Crippen LogP contribution in [0.1, 0.15) is 18.9 Å². The second-order valence-electron chi connectivity index (χ2n) is 4.48. The number of nitrogens with one attached hydrogen (secondary N) is 1. The van der Waals surface area contributed by atoms with Gasteiger partial charge in [0.1, 0.15) is 6.61 Å². The summed E-state index contributed by atoms with van der Waals surface area (Å²) in [5.41, 5.74) is 0.523. The third kappa shape index (κ3) is 5.98. The fourth-order valence-electron chi connectivity index (χ4n) is 1.53. The van der Waals surface area contributed by atoms with Crippen LogP contribution in [0.5, 0.6) is 0 Å². The molecule has 0 spiro atoms. The van der Waals surface area contributed by atoms with E-state index in [4.69, 9.17) is 5.11 Å². The fraction of sp³-hybridized carbons (Fsp3) is 0.429. The van der Waals surface area contributed by atoms with Gasteiger partial charge in [0, 0.05) is 34.4 Å². The minimum Gasteiger partial charge on any atom is -0.384 e. The maximum absolute atomic E-state index is 12.1. The Balaban J connectivity index is 2.76. The average molecular weight is 329 g/mol. The summed E-state index contributed by atoms with van der Waals surface area (Å²) >= 11 is 0. The Hall–Kier alpha value is -1.20. The second-order valence-corrected chi connectivity index (χ2v) is 8.05. The second kappa shape index (κ2) is 8.29. The topological polar surface area (TPSA) is 83.5 Å². The van der Waals surface area contributed by atoms with Gasteiger partial charge in [-0.3, -0.25) is 4.21 Å².